The summed E-state index contributed by atoms with van der Waals surface area (Å²) in [5.41, 5.74) is 12.7. The normalized spacial score (nSPS) is 20.0. The van der Waals surface area contributed by atoms with Gasteiger partial charge < -0.3 is 26.4 Å². The number of nitrogens with zero attached hydrogens (tertiary/aromatic N) is 2. The van der Waals surface area contributed by atoms with Gasteiger partial charge in [0.2, 0.25) is 0 Å². The number of anilines is 1. The molecule has 2 heterocycles. The predicted molar refractivity (Wildman–Crippen MR) is 85.5 cm³/mol. The van der Waals surface area contributed by atoms with Crippen LogP contribution >= 0.6 is 0 Å². The fourth-order valence-corrected chi connectivity index (χ4v) is 2.89. The fraction of sp³-hybridized carbons (Fsp3) is 0.467. The molecule has 1 fully saturated rings. The van der Waals surface area contributed by atoms with Gasteiger partial charge in [-0.1, -0.05) is 0 Å². The third-order valence-corrected chi connectivity index (χ3v) is 4.30. The van der Waals surface area contributed by atoms with Crippen molar-refractivity contribution in [1.29, 1.82) is 0 Å². The Labute approximate surface area is 129 Å². The summed E-state index contributed by atoms with van der Waals surface area (Å²) in [5, 5.41) is 3.55. The molecular weight excluding hydrogens is 282 g/mol. The minimum absolute atomic E-state index is 0.151. The van der Waals surface area contributed by atoms with Gasteiger partial charge in [-0.2, -0.15) is 0 Å². The highest BCUT2D eigenvalue weighted by Crippen LogP contribution is 2.39. The first-order valence-corrected chi connectivity index (χ1v) is 7.35. The molecule has 1 spiro atoms. The van der Waals surface area contributed by atoms with Crippen molar-refractivity contribution in [1.82, 2.24) is 4.90 Å². The number of carbonyl (C=O) groups is 1. The van der Waals surface area contributed by atoms with E-state index in [4.69, 9.17) is 16.2 Å². The number of fused-ring (bicyclic) bond motifs is 1. The van der Waals surface area contributed by atoms with Crippen molar-refractivity contribution in [3.63, 3.8) is 0 Å². The molecule has 1 aromatic carbocycles. The zero-order valence-electron chi connectivity index (χ0n) is 12.6. The lowest BCUT2D eigenvalue weighted by Gasteiger charge is -2.43. The van der Waals surface area contributed by atoms with Crippen molar-refractivity contribution < 1.29 is 9.53 Å². The summed E-state index contributed by atoms with van der Waals surface area (Å²) >= 11 is 0. The first kappa shape index (κ1) is 14.6. The van der Waals surface area contributed by atoms with Gasteiger partial charge in [-0.05, 0) is 32.0 Å². The number of hydrogen-bond donors (Lipinski definition) is 3. The van der Waals surface area contributed by atoms with Crippen LogP contribution in [0.5, 0.6) is 5.75 Å². The highest BCUT2D eigenvalue weighted by molar-refractivity contribution is 5.99. The molecule has 1 amide bonds. The van der Waals surface area contributed by atoms with Gasteiger partial charge in [-0.25, -0.2) is 4.99 Å². The zero-order chi connectivity index (χ0) is 15.7. The summed E-state index contributed by atoms with van der Waals surface area (Å²) in [6, 6.07) is 5.47. The van der Waals surface area contributed by atoms with Crippen molar-refractivity contribution in [2.45, 2.75) is 18.4 Å². The van der Waals surface area contributed by atoms with Gasteiger partial charge in [-0.3, -0.25) is 4.79 Å². The number of ether oxygens (including phenoxy) is 1. The Bertz CT molecular complexity index is 620. The summed E-state index contributed by atoms with van der Waals surface area (Å²) in [6.07, 6.45) is 1.86. The Morgan fingerprint density at radius 2 is 2.18 bits per heavy atom. The third kappa shape index (κ3) is 2.71. The number of likely N-dealkylation sites (tertiary alicyclic amines) is 1. The molecule has 0 radical (unpaired) electrons. The highest BCUT2D eigenvalue weighted by atomic mass is 16.5. The van der Waals surface area contributed by atoms with E-state index in [1.807, 2.05) is 6.07 Å². The second-order valence-corrected chi connectivity index (χ2v) is 5.94. The molecule has 118 valence electrons. The third-order valence-electron chi connectivity index (χ3n) is 4.30. The second-order valence-electron chi connectivity index (χ2n) is 5.94. The van der Waals surface area contributed by atoms with E-state index in [0.717, 1.165) is 37.3 Å². The molecule has 1 aromatic rings. The number of piperidine rings is 1. The molecule has 0 bridgehead atoms. The van der Waals surface area contributed by atoms with E-state index in [0.29, 0.717) is 11.6 Å². The van der Waals surface area contributed by atoms with Crippen molar-refractivity contribution in [3.05, 3.63) is 18.2 Å². The smallest absolute Gasteiger partial charge is 0.255 e. The summed E-state index contributed by atoms with van der Waals surface area (Å²) < 4.78 is 5.30. The van der Waals surface area contributed by atoms with Crippen molar-refractivity contribution in [2.24, 2.45) is 16.5 Å². The number of rotatable bonds is 3. The molecule has 5 N–H and O–H groups in total. The van der Waals surface area contributed by atoms with Gasteiger partial charge in [0.1, 0.15) is 11.6 Å². The van der Waals surface area contributed by atoms with E-state index < -0.39 is 5.91 Å². The number of nitrogens with one attached hydrogen (secondary N) is 1. The monoisotopic (exact) mass is 303 g/mol. The maximum Gasteiger partial charge on any atom is 0.255 e. The number of hydrogen-bond acceptors (Lipinski definition) is 6. The lowest BCUT2D eigenvalue weighted by molar-refractivity contribution is -0.119. The van der Waals surface area contributed by atoms with Crippen LogP contribution < -0.4 is 21.5 Å². The van der Waals surface area contributed by atoms with E-state index in [2.05, 4.69) is 22.3 Å². The number of benzene rings is 1. The second kappa shape index (κ2) is 5.49. The molecular formula is C15H21N5O2. The fourth-order valence-electron chi connectivity index (χ4n) is 2.89. The average Bonchev–Trinajstić information content (AvgIpc) is 2.49. The van der Waals surface area contributed by atoms with Crippen LogP contribution in [0.25, 0.3) is 0 Å². The van der Waals surface area contributed by atoms with E-state index in [1.54, 1.807) is 12.1 Å². The number of nitrogens with two attached hydrogens (primary N) is 2. The van der Waals surface area contributed by atoms with Gasteiger partial charge in [0.15, 0.2) is 6.61 Å². The molecule has 7 heteroatoms. The quantitative estimate of drug-likeness (QED) is 0.751. The van der Waals surface area contributed by atoms with Crippen molar-refractivity contribution in [2.75, 3.05) is 32.1 Å². The molecule has 0 aromatic heterocycles. The van der Waals surface area contributed by atoms with E-state index in [9.17, 15) is 4.79 Å². The summed E-state index contributed by atoms with van der Waals surface area (Å²) in [7, 11) is 2.11. The maximum atomic E-state index is 10.8. The molecule has 2 aliphatic rings. The van der Waals surface area contributed by atoms with Gasteiger partial charge in [0, 0.05) is 19.2 Å². The van der Waals surface area contributed by atoms with Crippen LogP contribution in [0, 0.1) is 0 Å². The number of primary amides is 1. The summed E-state index contributed by atoms with van der Waals surface area (Å²) in [6.45, 7) is 1.82. The number of amidine groups is 1. The van der Waals surface area contributed by atoms with E-state index >= 15 is 0 Å². The largest absolute Gasteiger partial charge is 0.484 e. The Kier molecular flexibility index (Phi) is 3.66. The molecule has 0 aliphatic carbocycles. The first-order chi connectivity index (χ1) is 10.5. The number of amides is 1. The van der Waals surface area contributed by atoms with E-state index in [1.165, 1.54) is 0 Å². The number of aliphatic imine (C=N–C) groups is 1. The lowest BCUT2D eigenvalue weighted by atomic mass is 9.85. The molecule has 0 saturated carbocycles. The summed E-state index contributed by atoms with van der Waals surface area (Å²) in [4.78, 5) is 17.6. The Morgan fingerprint density at radius 3 is 2.86 bits per heavy atom. The average molecular weight is 303 g/mol. The van der Waals surface area contributed by atoms with Crippen LogP contribution in [0.15, 0.2) is 23.2 Å². The minimum Gasteiger partial charge on any atom is -0.484 e. The van der Waals surface area contributed by atoms with Crippen LogP contribution in [0.3, 0.4) is 0 Å². The van der Waals surface area contributed by atoms with Gasteiger partial charge in [0.05, 0.1) is 16.9 Å². The van der Waals surface area contributed by atoms with Crippen LogP contribution in [0.4, 0.5) is 11.4 Å². The SMILES string of the molecule is CN1CCC2(CC1)Nc1ccc(OCC(N)=O)cc1N=C2N. The van der Waals surface area contributed by atoms with Crippen LogP contribution in [-0.4, -0.2) is 48.9 Å². The molecule has 0 unspecified atom stereocenters. The zero-order valence-corrected chi connectivity index (χ0v) is 12.6. The standard InChI is InChI=1S/C15H21N5O2/c1-20-6-4-15(5-7-20)14(17)18-12-8-10(22-9-13(16)21)2-3-11(12)19-15/h2-3,8,19H,4-7,9H2,1H3,(H2,16,21)(H2,17,18). The molecule has 0 atom stereocenters. The Hall–Kier alpha value is -2.28. The van der Waals surface area contributed by atoms with Crippen LogP contribution in [0.2, 0.25) is 0 Å². The molecule has 22 heavy (non-hydrogen) atoms. The molecule has 2 aliphatic heterocycles. The predicted octanol–water partition coefficient (Wildman–Crippen LogP) is 0.429. The Morgan fingerprint density at radius 1 is 1.45 bits per heavy atom. The van der Waals surface area contributed by atoms with Crippen LogP contribution in [0.1, 0.15) is 12.8 Å². The minimum atomic E-state index is -0.510. The topological polar surface area (TPSA) is 106 Å². The lowest BCUT2D eigenvalue weighted by Crippen LogP contribution is -2.57. The molecule has 1 saturated heterocycles. The molecule has 7 nitrogen and oxygen atoms in total. The van der Waals surface area contributed by atoms with Gasteiger partial charge in [-0.15, -0.1) is 0 Å². The van der Waals surface area contributed by atoms with Crippen molar-refractivity contribution in [3.8, 4) is 5.75 Å². The van der Waals surface area contributed by atoms with Gasteiger partial charge in [0.25, 0.3) is 5.91 Å². The van der Waals surface area contributed by atoms with Crippen molar-refractivity contribution >= 4 is 23.1 Å². The Balaban J connectivity index is 1.82. The van der Waals surface area contributed by atoms with Gasteiger partial charge >= 0.3 is 0 Å². The summed E-state index contributed by atoms with van der Waals surface area (Å²) in [5.74, 6) is 0.652. The highest BCUT2D eigenvalue weighted by Gasteiger charge is 2.40. The number of carbonyl (C=O) groups excluding carboxylic acids is 1. The van der Waals surface area contributed by atoms with Crippen LogP contribution in [-0.2, 0) is 4.79 Å². The van der Waals surface area contributed by atoms with E-state index in [-0.39, 0.29) is 12.1 Å². The maximum absolute atomic E-state index is 10.8. The molecule has 3 rings (SSSR count). The first-order valence-electron chi connectivity index (χ1n) is 7.35.